The molecule has 1 aromatic carbocycles. The van der Waals surface area contributed by atoms with Gasteiger partial charge in [-0.15, -0.1) is 0 Å². The number of halogens is 1. The van der Waals surface area contributed by atoms with Gasteiger partial charge in [0.25, 0.3) is 0 Å². The zero-order chi connectivity index (χ0) is 14.2. The summed E-state index contributed by atoms with van der Waals surface area (Å²) in [6, 6.07) is 7.96. The number of carbonyl (C=O) groups is 1. The van der Waals surface area contributed by atoms with E-state index in [4.69, 9.17) is 4.74 Å². The number of ether oxygens (including phenoxy) is 1. The highest BCUT2D eigenvalue weighted by Crippen LogP contribution is 2.20. The number of benzene rings is 1. The third-order valence-electron chi connectivity index (χ3n) is 3.41. The second-order valence-electron chi connectivity index (χ2n) is 4.87. The van der Waals surface area contributed by atoms with Crippen LogP contribution in [0.5, 0.6) is 5.75 Å². The maximum absolute atomic E-state index is 11.9. The first kappa shape index (κ1) is 15.4. The zero-order valence-electron chi connectivity index (χ0n) is 11.6. The molecule has 1 heterocycles. The molecule has 0 aliphatic carbocycles. The summed E-state index contributed by atoms with van der Waals surface area (Å²) in [6.45, 7) is 2.46. The lowest BCUT2D eigenvalue weighted by Gasteiger charge is -2.15. The number of likely N-dealkylation sites (tertiary alicyclic amines) is 1. The molecule has 108 valence electrons. The number of rotatable bonds is 6. The van der Waals surface area contributed by atoms with E-state index in [9.17, 15) is 4.79 Å². The van der Waals surface area contributed by atoms with Crippen LogP contribution in [0.15, 0.2) is 28.3 Å². The van der Waals surface area contributed by atoms with E-state index in [1.807, 2.05) is 39.3 Å². The summed E-state index contributed by atoms with van der Waals surface area (Å²) in [4.78, 5) is 13.8. The number of nitrogens with zero attached hydrogens (tertiary/aromatic N) is 1. The van der Waals surface area contributed by atoms with Gasteiger partial charge in [0.05, 0.1) is 6.61 Å². The Kier molecular flexibility index (Phi) is 6.36. The molecule has 0 aromatic heterocycles. The van der Waals surface area contributed by atoms with Crippen molar-refractivity contribution in [2.75, 3.05) is 19.7 Å². The molecule has 1 saturated heterocycles. The summed E-state index contributed by atoms with van der Waals surface area (Å²) in [7, 11) is 0. The van der Waals surface area contributed by atoms with Crippen molar-refractivity contribution in [3.8, 4) is 5.75 Å². The van der Waals surface area contributed by atoms with Crippen molar-refractivity contribution < 1.29 is 9.53 Å². The first-order valence-corrected chi connectivity index (χ1v) is 8.32. The fourth-order valence-electron chi connectivity index (χ4n) is 2.35. The Morgan fingerprint density at radius 2 is 2.05 bits per heavy atom. The first-order valence-electron chi connectivity index (χ1n) is 7.07. The van der Waals surface area contributed by atoms with Crippen LogP contribution in [0, 0.1) is 0 Å². The first-order chi connectivity index (χ1) is 9.81. The maximum atomic E-state index is 11.9. The van der Waals surface area contributed by atoms with Crippen LogP contribution in [0.4, 0.5) is 0 Å². The van der Waals surface area contributed by atoms with Gasteiger partial charge in [-0.3, -0.25) is 4.79 Å². The molecule has 0 saturated carbocycles. The van der Waals surface area contributed by atoms with Crippen molar-refractivity contribution in [2.45, 2.75) is 25.7 Å². The van der Waals surface area contributed by atoms with Gasteiger partial charge in [-0.25, -0.2) is 0 Å². The van der Waals surface area contributed by atoms with Gasteiger partial charge in [0.1, 0.15) is 5.75 Å². The molecular weight excluding hydrogens is 365 g/mol. The average Bonchev–Trinajstić information content (AvgIpc) is 2.99. The molecule has 0 N–H and O–H groups in total. The summed E-state index contributed by atoms with van der Waals surface area (Å²) >= 11 is 2.20. The normalized spacial score (nSPS) is 14.9. The molecule has 0 atom stereocenters. The van der Waals surface area contributed by atoms with Crippen molar-refractivity contribution >= 4 is 34.6 Å². The van der Waals surface area contributed by atoms with Gasteiger partial charge in [0, 0.05) is 25.1 Å². The number of hydrogen-bond donors (Lipinski definition) is 0. The smallest absolute Gasteiger partial charge is 0.222 e. The summed E-state index contributed by atoms with van der Waals surface area (Å²) < 4.78 is 7.75. The second kappa shape index (κ2) is 8.29. The van der Waals surface area contributed by atoms with E-state index in [-0.39, 0.29) is 5.91 Å². The highest BCUT2D eigenvalue weighted by molar-refractivity contribution is 14.1. The van der Waals surface area contributed by atoms with Gasteiger partial charge >= 0.3 is 0 Å². The largest absolute Gasteiger partial charge is 0.493 e. The van der Waals surface area contributed by atoms with Crippen LogP contribution in [0.1, 0.15) is 31.2 Å². The Balaban J connectivity index is 1.74. The van der Waals surface area contributed by atoms with E-state index < -0.39 is 0 Å². The number of hydrogen-bond acceptors (Lipinski definition) is 2. The molecule has 1 aromatic rings. The number of para-hydroxylation sites is 1. The molecule has 0 unspecified atom stereocenters. The Bertz CT molecular complexity index is 467. The van der Waals surface area contributed by atoms with Crippen LogP contribution in [0.25, 0.3) is 6.08 Å². The lowest BCUT2D eigenvalue weighted by Crippen LogP contribution is -2.27. The molecule has 0 spiro atoms. The van der Waals surface area contributed by atoms with E-state index in [1.165, 1.54) is 0 Å². The molecule has 1 aliphatic rings. The van der Waals surface area contributed by atoms with Crippen molar-refractivity contribution in [3.05, 3.63) is 33.9 Å². The highest BCUT2D eigenvalue weighted by Gasteiger charge is 2.16. The van der Waals surface area contributed by atoms with Crippen molar-refractivity contribution in [2.24, 2.45) is 0 Å². The minimum atomic E-state index is 0.270. The van der Waals surface area contributed by atoms with Gasteiger partial charge in [-0.05, 0) is 35.5 Å². The van der Waals surface area contributed by atoms with E-state index in [0.29, 0.717) is 13.0 Å². The van der Waals surface area contributed by atoms with Crippen LogP contribution in [-0.2, 0) is 4.79 Å². The van der Waals surface area contributed by atoms with Crippen LogP contribution in [-0.4, -0.2) is 30.5 Å². The van der Waals surface area contributed by atoms with Crippen LogP contribution < -0.4 is 4.74 Å². The molecular formula is C16H20INO2. The Labute approximate surface area is 134 Å². The van der Waals surface area contributed by atoms with Gasteiger partial charge in [-0.1, -0.05) is 40.8 Å². The molecule has 20 heavy (non-hydrogen) atoms. The Hall–Kier alpha value is -1.04. The van der Waals surface area contributed by atoms with E-state index in [0.717, 1.165) is 43.7 Å². The predicted molar refractivity (Wildman–Crippen MR) is 90.0 cm³/mol. The summed E-state index contributed by atoms with van der Waals surface area (Å²) in [5.74, 6) is 1.15. The highest BCUT2D eigenvalue weighted by atomic mass is 127. The monoisotopic (exact) mass is 385 g/mol. The quantitative estimate of drug-likeness (QED) is 0.550. The van der Waals surface area contributed by atoms with Crippen LogP contribution in [0.3, 0.4) is 0 Å². The van der Waals surface area contributed by atoms with Gasteiger partial charge in [0.2, 0.25) is 5.91 Å². The molecule has 4 heteroatoms. The van der Waals surface area contributed by atoms with Crippen molar-refractivity contribution in [3.63, 3.8) is 0 Å². The SMILES string of the molecule is O=C(CCCOc1ccccc1C=CI)N1CCCC1. The topological polar surface area (TPSA) is 29.5 Å². The minimum Gasteiger partial charge on any atom is -0.493 e. The third-order valence-corrected chi connectivity index (χ3v) is 3.77. The van der Waals surface area contributed by atoms with E-state index in [2.05, 4.69) is 22.6 Å². The van der Waals surface area contributed by atoms with Gasteiger partial charge in [-0.2, -0.15) is 0 Å². The van der Waals surface area contributed by atoms with Crippen LogP contribution in [0.2, 0.25) is 0 Å². The molecule has 1 amide bonds. The fourth-order valence-corrected chi connectivity index (χ4v) is 2.74. The second-order valence-corrected chi connectivity index (χ2v) is 5.59. The minimum absolute atomic E-state index is 0.270. The maximum Gasteiger partial charge on any atom is 0.222 e. The third kappa shape index (κ3) is 4.51. The molecule has 0 bridgehead atoms. The van der Waals surface area contributed by atoms with E-state index in [1.54, 1.807) is 0 Å². The lowest BCUT2D eigenvalue weighted by molar-refractivity contribution is -0.130. The molecule has 1 fully saturated rings. The molecule has 1 aliphatic heterocycles. The van der Waals surface area contributed by atoms with Gasteiger partial charge in [0.15, 0.2) is 0 Å². The Morgan fingerprint density at radius 1 is 1.30 bits per heavy atom. The van der Waals surface area contributed by atoms with E-state index >= 15 is 0 Å². The molecule has 3 nitrogen and oxygen atoms in total. The standard InChI is InChI=1S/C16H20INO2/c17-10-9-14-6-1-2-7-15(14)20-13-5-8-16(19)18-11-3-4-12-18/h1-2,6-7,9-10H,3-5,8,11-13H2. The zero-order valence-corrected chi connectivity index (χ0v) is 13.7. The summed E-state index contributed by atoms with van der Waals surface area (Å²) in [5, 5.41) is 0. The number of carbonyl (C=O) groups excluding carboxylic acids is 1. The summed E-state index contributed by atoms with van der Waals surface area (Å²) in [6.07, 6.45) is 5.68. The summed E-state index contributed by atoms with van der Waals surface area (Å²) in [5.41, 5.74) is 1.08. The Morgan fingerprint density at radius 3 is 2.80 bits per heavy atom. The van der Waals surface area contributed by atoms with Crippen LogP contribution >= 0.6 is 22.6 Å². The van der Waals surface area contributed by atoms with Gasteiger partial charge < -0.3 is 9.64 Å². The number of amides is 1. The molecule has 2 rings (SSSR count). The average molecular weight is 385 g/mol. The predicted octanol–water partition coefficient (Wildman–Crippen LogP) is 3.87. The fraction of sp³-hybridized carbons (Fsp3) is 0.438. The molecule has 0 radical (unpaired) electrons. The van der Waals surface area contributed by atoms with Crippen molar-refractivity contribution in [1.29, 1.82) is 0 Å². The lowest BCUT2D eigenvalue weighted by atomic mass is 10.2. The van der Waals surface area contributed by atoms with Crippen molar-refractivity contribution in [1.82, 2.24) is 4.90 Å².